The fourth-order valence-electron chi connectivity index (χ4n) is 6.16. The van der Waals surface area contributed by atoms with Crippen LogP contribution in [0.2, 0.25) is 0 Å². The third-order valence-corrected chi connectivity index (χ3v) is 8.55. The van der Waals surface area contributed by atoms with Crippen molar-refractivity contribution < 1.29 is 4.42 Å². The Bertz CT molecular complexity index is 2490. The van der Waals surface area contributed by atoms with Crippen molar-refractivity contribution in [3.63, 3.8) is 0 Å². The number of nitrogens with zero attached hydrogens (tertiary/aromatic N) is 4. The zero-order valence-corrected chi connectivity index (χ0v) is 25.2. The fraction of sp³-hybridized carbons (Fsp3) is 0. The molecule has 0 aliphatic heterocycles. The van der Waals surface area contributed by atoms with Crippen LogP contribution in [0.4, 0.5) is 0 Å². The molecule has 0 radical (unpaired) electrons. The molecule has 0 bridgehead atoms. The molecule has 5 heteroatoms. The van der Waals surface area contributed by atoms with Crippen LogP contribution in [0.3, 0.4) is 0 Å². The highest BCUT2D eigenvalue weighted by Crippen LogP contribution is 2.37. The maximum Gasteiger partial charge on any atom is 0.227 e. The van der Waals surface area contributed by atoms with Crippen molar-refractivity contribution in [2.45, 2.75) is 0 Å². The summed E-state index contributed by atoms with van der Waals surface area (Å²) in [6.45, 7) is 0. The number of rotatable bonds is 5. The molecule has 2 aromatic heterocycles. The lowest BCUT2D eigenvalue weighted by molar-refractivity contribution is 0.623. The first-order valence-electron chi connectivity index (χ1n) is 15.6. The van der Waals surface area contributed by atoms with Crippen LogP contribution in [0.25, 0.3) is 89.4 Å². The molecule has 5 nitrogen and oxygen atoms in total. The Morgan fingerprint density at radius 2 is 0.830 bits per heavy atom. The Morgan fingerprint density at radius 3 is 1.47 bits per heavy atom. The summed E-state index contributed by atoms with van der Waals surface area (Å²) in [6, 6.07) is 53.6. The van der Waals surface area contributed by atoms with E-state index >= 15 is 0 Å². The maximum atomic E-state index is 6.57. The minimum Gasteiger partial charge on any atom is -0.435 e. The van der Waals surface area contributed by atoms with Gasteiger partial charge in [0.2, 0.25) is 5.89 Å². The molecule has 220 valence electrons. The van der Waals surface area contributed by atoms with E-state index in [1.54, 1.807) is 0 Å². The molecular weight excluding hydrogens is 576 g/mol. The SMILES string of the molecule is c1ccc(-c2ccc(-c3nc4ccc5ccc6ccc(-c7nc(-c8ccccc8)nc(-c8ccccc8)n7)cc6c5c4o3)cc2)cc1. The molecule has 9 rings (SSSR count). The molecule has 0 unspecified atom stereocenters. The molecule has 0 aliphatic rings. The average Bonchev–Trinajstić information content (AvgIpc) is 3.60. The summed E-state index contributed by atoms with van der Waals surface area (Å²) in [5, 5.41) is 4.24. The van der Waals surface area contributed by atoms with Crippen molar-refractivity contribution in [1.82, 2.24) is 19.9 Å². The minimum absolute atomic E-state index is 0.595. The van der Waals surface area contributed by atoms with E-state index in [1.807, 2.05) is 72.8 Å². The molecule has 9 aromatic rings. The summed E-state index contributed by atoms with van der Waals surface area (Å²) < 4.78 is 6.57. The van der Waals surface area contributed by atoms with Gasteiger partial charge in [0.1, 0.15) is 5.52 Å². The van der Waals surface area contributed by atoms with Crippen molar-refractivity contribution in [2.24, 2.45) is 0 Å². The number of aromatic nitrogens is 4. The lowest BCUT2D eigenvalue weighted by atomic mass is 9.99. The van der Waals surface area contributed by atoms with E-state index in [-0.39, 0.29) is 0 Å². The lowest BCUT2D eigenvalue weighted by Gasteiger charge is -2.10. The first-order valence-corrected chi connectivity index (χ1v) is 15.6. The van der Waals surface area contributed by atoms with E-state index < -0.39 is 0 Å². The summed E-state index contributed by atoms with van der Waals surface area (Å²) >= 11 is 0. The molecule has 0 aliphatic carbocycles. The van der Waals surface area contributed by atoms with E-state index in [2.05, 4.69) is 84.9 Å². The highest BCUT2D eigenvalue weighted by atomic mass is 16.3. The maximum absolute atomic E-state index is 6.57. The minimum atomic E-state index is 0.595. The molecule has 7 aromatic carbocycles. The Kier molecular flexibility index (Phi) is 6.39. The second-order valence-electron chi connectivity index (χ2n) is 11.5. The number of benzene rings is 7. The van der Waals surface area contributed by atoms with E-state index in [9.17, 15) is 0 Å². The Hall–Kier alpha value is -6.46. The highest BCUT2D eigenvalue weighted by Gasteiger charge is 2.16. The number of hydrogen-bond acceptors (Lipinski definition) is 5. The predicted molar refractivity (Wildman–Crippen MR) is 190 cm³/mol. The van der Waals surface area contributed by atoms with Crippen LogP contribution in [-0.2, 0) is 0 Å². The summed E-state index contributed by atoms with van der Waals surface area (Å²) in [5.74, 6) is 2.47. The van der Waals surface area contributed by atoms with Gasteiger partial charge in [-0.05, 0) is 51.6 Å². The van der Waals surface area contributed by atoms with Gasteiger partial charge in [-0.15, -0.1) is 0 Å². The second-order valence-corrected chi connectivity index (χ2v) is 11.5. The zero-order valence-electron chi connectivity index (χ0n) is 25.2. The van der Waals surface area contributed by atoms with Gasteiger partial charge in [0.05, 0.1) is 0 Å². The molecule has 0 N–H and O–H groups in total. The highest BCUT2D eigenvalue weighted by molar-refractivity contribution is 6.18. The Balaban J connectivity index is 1.19. The van der Waals surface area contributed by atoms with Gasteiger partial charge in [0.25, 0.3) is 0 Å². The van der Waals surface area contributed by atoms with Crippen LogP contribution in [0.5, 0.6) is 0 Å². The van der Waals surface area contributed by atoms with Crippen LogP contribution < -0.4 is 0 Å². The van der Waals surface area contributed by atoms with Crippen LogP contribution in [0, 0.1) is 0 Å². The fourth-order valence-corrected chi connectivity index (χ4v) is 6.16. The van der Waals surface area contributed by atoms with E-state index in [4.69, 9.17) is 24.4 Å². The first kappa shape index (κ1) is 26.9. The van der Waals surface area contributed by atoms with Crippen molar-refractivity contribution in [2.75, 3.05) is 0 Å². The van der Waals surface area contributed by atoms with E-state index in [1.165, 1.54) is 5.56 Å². The molecule has 47 heavy (non-hydrogen) atoms. The third-order valence-electron chi connectivity index (χ3n) is 8.55. The summed E-state index contributed by atoms with van der Waals surface area (Å²) in [7, 11) is 0. The predicted octanol–water partition coefficient (Wildman–Crippen LogP) is 10.7. The van der Waals surface area contributed by atoms with Gasteiger partial charge >= 0.3 is 0 Å². The van der Waals surface area contributed by atoms with Gasteiger partial charge in [0.15, 0.2) is 23.1 Å². The zero-order chi connectivity index (χ0) is 31.2. The normalized spacial score (nSPS) is 11.4. The molecule has 0 amide bonds. The number of oxazole rings is 1. The number of fused-ring (bicyclic) bond motifs is 5. The van der Waals surface area contributed by atoms with Gasteiger partial charge in [-0.3, -0.25) is 0 Å². The van der Waals surface area contributed by atoms with E-state index in [0.29, 0.717) is 23.4 Å². The van der Waals surface area contributed by atoms with Gasteiger partial charge in [-0.25, -0.2) is 19.9 Å². The smallest absolute Gasteiger partial charge is 0.227 e. The standard InChI is InChI=1S/C42H26N4O/c1-4-10-27(11-5-1)28-16-21-33(22-17-28)42-43-36-25-24-30-20-18-29-19-23-34(26-35(29)37(30)38(36)47-42)41-45-39(31-12-6-2-7-13-31)44-40(46-41)32-14-8-3-9-15-32/h1-26H. The summed E-state index contributed by atoms with van der Waals surface area (Å²) in [6.07, 6.45) is 0. The van der Waals surface area contributed by atoms with Gasteiger partial charge in [0, 0.05) is 27.6 Å². The van der Waals surface area contributed by atoms with Crippen molar-refractivity contribution >= 4 is 32.6 Å². The quantitative estimate of drug-likeness (QED) is 0.183. The third kappa shape index (κ3) is 4.91. The first-order chi connectivity index (χ1) is 23.3. The summed E-state index contributed by atoms with van der Waals surface area (Å²) in [5.41, 5.74) is 7.61. The van der Waals surface area contributed by atoms with Gasteiger partial charge in [-0.1, -0.05) is 133 Å². The van der Waals surface area contributed by atoms with Gasteiger partial charge < -0.3 is 4.42 Å². The molecule has 0 spiro atoms. The topological polar surface area (TPSA) is 64.7 Å². The molecule has 0 saturated carbocycles. The molecule has 0 saturated heterocycles. The Labute approximate surface area is 270 Å². The monoisotopic (exact) mass is 602 g/mol. The second kappa shape index (κ2) is 11.2. The largest absolute Gasteiger partial charge is 0.435 e. The summed E-state index contributed by atoms with van der Waals surface area (Å²) in [4.78, 5) is 19.7. The van der Waals surface area contributed by atoms with Crippen LogP contribution in [-0.4, -0.2) is 19.9 Å². The number of hydrogen-bond donors (Lipinski definition) is 0. The van der Waals surface area contributed by atoms with Crippen LogP contribution >= 0.6 is 0 Å². The van der Waals surface area contributed by atoms with Crippen molar-refractivity contribution in [3.8, 4) is 56.7 Å². The van der Waals surface area contributed by atoms with E-state index in [0.717, 1.165) is 60.5 Å². The van der Waals surface area contributed by atoms with Crippen LogP contribution in [0.15, 0.2) is 162 Å². The van der Waals surface area contributed by atoms with Gasteiger partial charge in [-0.2, -0.15) is 0 Å². The lowest BCUT2D eigenvalue weighted by Crippen LogP contribution is -2.00. The molecule has 0 atom stereocenters. The van der Waals surface area contributed by atoms with Crippen molar-refractivity contribution in [3.05, 3.63) is 158 Å². The molecule has 2 heterocycles. The molecule has 0 fully saturated rings. The Morgan fingerprint density at radius 1 is 0.362 bits per heavy atom. The molecular formula is C42H26N4O. The van der Waals surface area contributed by atoms with Crippen molar-refractivity contribution in [1.29, 1.82) is 0 Å². The average molecular weight is 603 g/mol. The van der Waals surface area contributed by atoms with Crippen LogP contribution in [0.1, 0.15) is 0 Å².